The van der Waals surface area contributed by atoms with Crippen molar-refractivity contribution in [2.45, 2.75) is 35.6 Å². The molecule has 202 valence electrons. The molecule has 4 rings (SSSR count). The molecule has 0 unspecified atom stereocenters. The third-order valence-corrected chi connectivity index (χ3v) is 9.80. The highest BCUT2D eigenvalue weighted by atomic mass is 79.9. The molecule has 1 heterocycles. The molecule has 0 spiro atoms. The van der Waals surface area contributed by atoms with Crippen molar-refractivity contribution in [1.29, 1.82) is 0 Å². The summed E-state index contributed by atoms with van der Waals surface area (Å²) in [6, 6.07) is 19.0. The molecule has 0 aliphatic carbocycles. The topological polar surface area (TPSA) is 122 Å². The summed E-state index contributed by atoms with van der Waals surface area (Å²) in [5.74, 6) is -0.0290. The van der Waals surface area contributed by atoms with E-state index in [1.807, 2.05) is 0 Å². The van der Waals surface area contributed by atoms with E-state index in [1.54, 1.807) is 48.5 Å². The van der Waals surface area contributed by atoms with Crippen molar-refractivity contribution in [3.8, 4) is 5.75 Å². The number of rotatable bonds is 10. The summed E-state index contributed by atoms with van der Waals surface area (Å²) in [5, 5.41) is 2.72. The molecule has 3 aromatic rings. The lowest BCUT2D eigenvalue weighted by atomic mass is 10.2. The standard InChI is InChI=1S/C26H28BrN3O6S2/c27-21-6-8-22(9-7-21)29-37(32,33)24-14-10-23(11-15-24)36-19-26(31)28-18-20-4-12-25(13-5-20)38(34,35)30-16-2-1-3-17-30/h4-15,29H,1-3,16-19H2,(H,28,31). The van der Waals surface area contributed by atoms with Crippen molar-refractivity contribution in [3.63, 3.8) is 0 Å². The van der Waals surface area contributed by atoms with Crippen LogP contribution in [0.5, 0.6) is 5.75 Å². The SMILES string of the molecule is O=C(COc1ccc(S(=O)(=O)Nc2ccc(Br)cc2)cc1)NCc1ccc(S(=O)(=O)N2CCCCC2)cc1. The first-order valence-electron chi connectivity index (χ1n) is 12.0. The lowest BCUT2D eigenvalue weighted by Gasteiger charge is -2.25. The van der Waals surface area contributed by atoms with Crippen LogP contribution < -0.4 is 14.8 Å². The van der Waals surface area contributed by atoms with E-state index in [9.17, 15) is 21.6 Å². The van der Waals surface area contributed by atoms with E-state index in [-0.39, 0.29) is 28.8 Å². The highest BCUT2D eigenvalue weighted by molar-refractivity contribution is 9.10. The molecule has 1 fully saturated rings. The number of ether oxygens (including phenoxy) is 1. The van der Waals surface area contributed by atoms with Gasteiger partial charge in [-0.25, -0.2) is 16.8 Å². The van der Waals surface area contributed by atoms with Crippen molar-refractivity contribution < 1.29 is 26.4 Å². The van der Waals surface area contributed by atoms with Gasteiger partial charge in [0.05, 0.1) is 9.79 Å². The lowest BCUT2D eigenvalue weighted by molar-refractivity contribution is -0.123. The molecule has 0 aromatic heterocycles. The third-order valence-electron chi connectivity index (χ3n) is 5.97. The summed E-state index contributed by atoms with van der Waals surface area (Å²) in [4.78, 5) is 12.5. The van der Waals surface area contributed by atoms with Crippen LogP contribution in [-0.2, 0) is 31.4 Å². The number of hydrogen-bond donors (Lipinski definition) is 2. The number of hydrogen-bond acceptors (Lipinski definition) is 6. The lowest BCUT2D eigenvalue weighted by Crippen LogP contribution is -2.35. The van der Waals surface area contributed by atoms with E-state index in [1.165, 1.54) is 28.6 Å². The zero-order chi connectivity index (χ0) is 27.2. The third kappa shape index (κ3) is 7.34. The Hall–Kier alpha value is -2.93. The maximum absolute atomic E-state index is 12.8. The molecular formula is C26H28BrN3O6S2. The average Bonchev–Trinajstić information content (AvgIpc) is 2.93. The van der Waals surface area contributed by atoms with Crippen LogP contribution in [0.3, 0.4) is 0 Å². The Bertz CT molecular complexity index is 1450. The van der Waals surface area contributed by atoms with Crippen LogP contribution >= 0.6 is 15.9 Å². The van der Waals surface area contributed by atoms with Crippen molar-refractivity contribution in [2.75, 3.05) is 24.4 Å². The summed E-state index contributed by atoms with van der Waals surface area (Å²) < 4.78 is 61.0. The van der Waals surface area contributed by atoms with E-state index >= 15 is 0 Å². The molecule has 9 nitrogen and oxygen atoms in total. The summed E-state index contributed by atoms with van der Waals surface area (Å²) >= 11 is 3.30. The number of carbonyl (C=O) groups is 1. The van der Waals surface area contributed by atoms with E-state index in [4.69, 9.17) is 4.74 Å². The number of nitrogens with zero attached hydrogens (tertiary/aromatic N) is 1. The zero-order valence-electron chi connectivity index (χ0n) is 20.5. The molecule has 1 aliphatic heterocycles. The number of anilines is 1. The van der Waals surface area contributed by atoms with Crippen molar-refractivity contribution >= 4 is 47.6 Å². The summed E-state index contributed by atoms with van der Waals surface area (Å²) in [7, 11) is -7.27. The van der Waals surface area contributed by atoms with Crippen LogP contribution in [0.15, 0.2) is 87.1 Å². The van der Waals surface area contributed by atoms with Crippen LogP contribution in [0.4, 0.5) is 5.69 Å². The quantitative estimate of drug-likeness (QED) is 0.351. The molecule has 1 aliphatic rings. The first-order chi connectivity index (χ1) is 18.1. The Morgan fingerprint density at radius 3 is 2.05 bits per heavy atom. The Kier molecular flexibility index (Phi) is 9.08. The van der Waals surface area contributed by atoms with Gasteiger partial charge in [-0.05, 0) is 79.1 Å². The van der Waals surface area contributed by atoms with Crippen LogP contribution in [-0.4, -0.2) is 46.7 Å². The highest BCUT2D eigenvalue weighted by Crippen LogP contribution is 2.22. The summed E-state index contributed by atoms with van der Waals surface area (Å²) in [6.45, 7) is 1.04. The summed E-state index contributed by atoms with van der Waals surface area (Å²) in [5.41, 5.74) is 1.19. The van der Waals surface area contributed by atoms with Gasteiger partial charge in [0.2, 0.25) is 10.0 Å². The van der Waals surface area contributed by atoms with E-state index in [0.29, 0.717) is 24.5 Å². The van der Waals surface area contributed by atoms with Gasteiger partial charge in [-0.1, -0.05) is 34.5 Å². The van der Waals surface area contributed by atoms with Gasteiger partial charge in [0.15, 0.2) is 6.61 Å². The van der Waals surface area contributed by atoms with Gasteiger partial charge >= 0.3 is 0 Å². The largest absolute Gasteiger partial charge is 0.484 e. The Labute approximate surface area is 231 Å². The van der Waals surface area contributed by atoms with Gasteiger partial charge < -0.3 is 10.1 Å². The minimum atomic E-state index is -3.77. The van der Waals surface area contributed by atoms with Gasteiger partial charge in [0, 0.05) is 29.8 Å². The number of piperidine rings is 1. The van der Waals surface area contributed by atoms with Gasteiger partial charge in [0.1, 0.15) is 5.75 Å². The molecule has 38 heavy (non-hydrogen) atoms. The number of benzene rings is 3. The molecule has 1 amide bonds. The van der Waals surface area contributed by atoms with Gasteiger partial charge in [-0.15, -0.1) is 0 Å². The fraction of sp³-hybridized carbons (Fsp3) is 0.269. The Morgan fingerprint density at radius 1 is 0.816 bits per heavy atom. The van der Waals surface area contributed by atoms with Gasteiger partial charge in [-0.3, -0.25) is 9.52 Å². The first-order valence-corrected chi connectivity index (χ1v) is 15.7. The van der Waals surface area contributed by atoms with Crippen LogP contribution in [0.25, 0.3) is 0 Å². The van der Waals surface area contributed by atoms with Gasteiger partial charge in [0.25, 0.3) is 15.9 Å². The van der Waals surface area contributed by atoms with E-state index < -0.39 is 20.0 Å². The number of sulfonamides is 2. The number of nitrogens with one attached hydrogen (secondary N) is 2. The monoisotopic (exact) mass is 621 g/mol. The fourth-order valence-electron chi connectivity index (χ4n) is 3.88. The molecule has 0 radical (unpaired) electrons. The maximum atomic E-state index is 12.8. The maximum Gasteiger partial charge on any atom is 0.261 e. The Morgan fingerprint density at radius 2 is 1.42 bits per heavy atom. The number of amides is 1. The van der Waals surface area contributed by atoms with Crippen LogP contribution in [0.1, 0.15) is 24.8 Å². The molecule has 1 saturated heterocycles. The van der Waals surface area contributed by atoms with Crippen molar-refractivity contribution in [3.05, 3.63) is 82.8 Å². The van der Waals surface area contributed by atoms with Crippen LogP contribution in [0.2, 0.25) is 0 Å². The molecule has 12 heteroatoms. The second-order valence-electron chi connectivity index (χ2n) is 8.76. The highest BCUT2D eigenvalue weighted by Gasteiger charge is 2.25. The zero-order valence-corrected chi connectivity index (χ0v) is 23.7. The van der Waals surface area contributed by atoms with Gasteiger partial charge in [-0.2, -0.15) is 4.31 Å². The molecule has 0 bridgehead atoms. The number of carbonyl (C=O) groups excluding carboxylic acids is 1. The van der Waals surface area contributed by atoms with Crippen molar-refractivity contribution in [2.24, 2.45) is 0 Å². The molecule has 0 atom stereocenters. The molecule has 0 saturated carbocycles. The second-order valence-corrected chi connectivity index (χ2v) is 13.3. The van der Waals surface area contributed by atoms with E-state index in [2.05, 4.69) is 26.0 Å². The normalized spacial score (nSPS) is 14.6. The fourth-order valence-corrected chi connectivity index (χ4v) is 6.72. The number of halogens is 1. The molecular weight excluding hydrogens is 594 g/mol. The van der Waals surface area contributed by atoms with E-state index in [0.717, 1.165) is 29.3 Å². The van der Waals surface area contributed by atoms with Crippen molar-refractivity contribution in [1.82, 2.24) is 9.62 Å². The first kappa shape index (κ1) is 28.1. The minimum Gasteiger partial charge on any atom is -0.484 e. The Balaban J connectivity index is 1.25. The predicted octanol–water partition coefficient (Wildman–Crippen LogP) is 4.12. The van der Waals surface area contributed by atoms with Crippen LogP contribution in [0, 0.1) is 0 Å². The molecule has 3 aromatic carbocycles. The minimum absolute atomic E-state index is 0.0583. The average molecular weight is 623 g/mol. The smallest absolute Gasteiger partial charge is 0.261 e. The second kappa shape index (κ2) is 12.3. The molecule has 2 N–H and O–H groups in total. The predicted molar refractivity (Wildman–Crippen MR) is 148 cm³/mol. The summed E-state index contributed by atoms with van der Waals surface area (Å²) in [6.07, 6.45) is 2.80.